The molecule has 2 aromatic carbocycles. The van der Waals surface area contributed by atoms with Crippen molar-refractivity contribution in [3.63, 3.8) is 0 Å². The van der Waals surface area contributed by atoms with Crippen LogP contribution in [-0.2, 0) is 9.59 Å². The minimum absolute atomic E-state index is 0.0425. The van der Waals surface area contributed by atoms with E-state index in [-0.39, 0.29) is 23.9 Å². The van der Waals surface area contributed by atoms with Crippen molar-refractivity contribution in [3.8, 4) is 0 Å². The second-order valence-corrected chi connectivity index (χ2v) is 8.09. The van der Waals surface area contributed by atoms with Gasteiger partial charge in [0.1, 0.15) is 12.4 Å². The largest absolute Gasteiger partial charge is 0.368 e. The predicted octanol–water partition coefficient (Wildman–Crippen LogP) is 2.16. The molecule has 3 aromatic rings. The van der Waals surface area contributed by atoms with Gasteiger partial charge in [0.15, 0.2) is 0 Å². The van der Waals surface area contributed by atoms with Crippen LogP contribution in [0.3, 0.4) is 0 Å². The van der Waals surface area contributed by atoms with Crippen molar-refractivity contribution in [2.24, 2.45) is 5.73 Å². The van der Waals surface area contributed by atoms with Gasteiger partial charge in [0.05, 0.1) is 17.5 Å². The Balaban J connectivity index is 1.71. The van der Waals surface area contributed by atoms with Crippen LogP contribution < -0.4 is 21.3 Å². The number of hydrogen-bond acceptors (Lipinski definition) is 8. The van der Waals surface area contributed by atoms with E-state index in [1.54, 1.807) is 4.90 Å². The first-order chi connectivity index (χ1) is 17.0. The summed E-state index contributed by atoms with van der Waals surface area (Å²) in [7, 11) is 0. The lowest BCUT2D eigenvalue weighted by Gasteiger charge is -2.25. The average Bonchev–Trinajstić information content (AvgIpc) is 3.36. The molecule has 0 bridgehead atoms. The maximum absolute atomic E-state index is 12.7. The minimum Gasteiger partial charge on any atom is -0.368 e. The summed E-state index contributed by atoms with van der Waals surface area (Å²) in [5, 5.41) is 17.9. The van der Waals surface area contributed by atoms with Gasteiger partial charge in [-0.3, -0.25) is 19.7 Å². The van der Waals surface area contributed by atoms with E-state index < -0.39 is 28.8 Å². The molecule has 4 N–H and O–H groups in total. The van der Waals surface area contributed by atoms with Crippen molar-refractivity contribution in [1.82, 2.24) is 15.3 Å². The Bertz CT molecular complexity index is 1170. The molecule has 1 aliphatic heterocycles. The molecule has 1 atom stereocenters. The van der Waals surface area contributed by atoms with Crippen LogP contribution in [0.1, 0.15) is 30.0 Å². The quantitative estimate of drug-likeness (QED) is 0.314. The Labute approximate surface area is 201 Å². The number of carbonyl (C=O) groups excluding carboxylic acids is 2. The zero-order valence-corrected chi connectivity index (χ0v) is 18.8. The van der Waals surface area contributed by atoms with Gasteiger partial charge in [0.2, 0.25) is 23.5 Å². The van der Waals surface area contributed by atoms with Crippen LogP contribution in [-0.4, -0.2) is 45.8 Å². The summed E-state index contributed by atoms with van der Waals surface area (Å²) in [5.74, 6) is -1.02. The topological polar surface area (TPSA) is 156 Å². The smallest absolute Gasteiger partial charge is 0.353 e. The fourth-order valence-corrected chi connectivity index (χ4v) is 4.23. The maximum Gasteiger partial charge on any atom is 0.353 e. The molecular weight excluding hydrogens is 450 g/mol. The molecule has 1 saturated heterocycles. The third kappa shape index (κ3) is 5.35. The molecule has 0 saturated carbocycles. The highest BCUT2D eigenvalue weighted by Crippen LogP contribution is 2.38. The third-order valence-electron chi connectivity index (χ3n) is 5.80. The summed E-state index contributed by atoms with van der Waals surface area (Å²) >= 11 is 0. The summed E-state index contributed by atoms with van der Waals surface area (Å²) < 4.78 is 0. The number of nitro groups is 1. The van der Waals surface area contributed by atoms with Gasteiger partial charge >= 0.3 is 5.69 Å². The number of anilines is 2. The fraction of sp³-hybridized carbons (Fsp3) is 0.250. The Kier molecular flexibility index (Phi) is 7.15. The van der Waals surface area contributed by atoms with E-state index in [0.29, 0.717) is 19.4 Å². The number of amides is 2. The number of hydrogen-bond donors (Lipinski definition) is 3. The Hall–Kier alpha value is -4.54. The first-order valence-corrected chi connectivity index (χ1v) is 11.1. The van der Waals surface area contributed by atoms with Gasteiger partial charge in [-0.15, -0.1) is 0 Å². The van der Waals surface area contributed by atoms with Crippen molar-refractivity contribution >= 4 is 29.1 Å². The van der Waals surface area contributed by atoms with Crippen molar-refractivity contribution in [1.29, 1.82) is 0 Å². The summed E-state index contributed by atoms with van der Waals surface area (Å²) in [4.78, 5) is 45.4. The van der Waals surface area contributed by atoms with Crippen LogP contribution in [0.2, 0.25) is 0 Å². The van der Waals surface area contributed by atoms with Crippen molar-refractivity contribution in [2.75, 3.05) is 23.3 Å². The highest BCUT2D eigenvalue weighted by Gasteiger charge is 2.37. The molecule has 11 nitrogen and oxygen atoms in total. The first kappa shape index (κ1) is 23.6. The van der Waals surface area contributed by atoms with Gasteiger partial charge in [0.25, 0.3) is 0 Å². The molecule has 1 aromatic heterocycles. The van der Waals surface area contributed by atoms with E-state index in [1.165, 1.54) is 6.33 Å². The van der Waals surface area contributed by atoms with Gasteiger partial charge in [0, 0.05) is 6.54 Å². The first-order valence-electron chi connectivity index (χ1n) is 11.1. The van der Waals surface area contributed by atoms with Gasteiger partial charge < -0.3 is 21.3 Å². The number of nitrogens with zero attached hydrogens (tertiary/aromatic N) is 4. The van der Waals surface area contributed by atoms with E-state index in [1.807, 2.05) is 60.7 Å². The van der Waals surface area contributed by atoms with Gasteiger partial charge in [-0.25, -0.2) is 9.97 Å². The van der Waals surface area contributed by atoms with Crippen LogP contribution in [0.5, 0.6) is 0 Å². The maximum atomic E-state index is 12.7. The highest BCUT2D eigenvalue weighted by atomic mass is 16.6. The molecule has 180 valence electrons. The van der Waals surface area contributed by atoms with Gasteiger partial charge in [-0.2, -0.15) is 0 Å². The van der Waals surface area contributed by atoms with Gasteiger partial charge in [-0.05, 0) is 24.0 Å². The summed E-state index contributed by atoms with van der Waals surface area (Å²) in [6.45, 7) is 0.0877. The van der Waals surface area contributed by atoms with E-state index in [2.05, 4.69) is 20.6 Å². The summed E-state index contributed by atoms with van der Waals surface area (Å²) in [5.41, 5.74) is 6.61. The lowest BCUT2D eigenvalue weighted by atomic mass is 9.98. The summed E-state index contributed by atoms with van der Waals surface area (Å²) in [6.07, 6.45) is 2.34. The normalized spacial score (nSPS) is 15.1. The van der Waals surface area contributed by atoms with Crippen LogP contribution in [0.4, 0.5) is 17.3 Å². The molecule has 4 rings (SSSR count). The van der Waals surface area contributed by atoms with Crippen LogP contribution >= 0.6 is 0 Å². The molecule has 2 amide bonds. The highest BCUT2D eigenvalue weighted by molar-refractivity contribution is 5.90. The predicted molar refractivity (Wildman–Crippen MR) is 130 cm³/mol. The molecule has 11 heteroatoms. The van der Waals surface area contributed by atoms with E-state index >= 15 is 0 Å². The Morgan fingerprint density at radius 2 is 1.71 bits per heavy atom. The second kappa shape index (κ2) is 10.6. The standard InChI is InChI=1S/C24H25N7O4/c25-19(32)14-26-24(33)18-12-7-13-30(18)23-21(31(34)35)22(27-15-28-23)29-20(16-8-3-1-4-9-16)17-10-5-2-6-11-17/h1-6,8-11,15,18,20H,7,12-14H2,(H2,25,32)(H,26,33)(H,27,28,29). The minimum atomic E-state index is -0.713. The van der Waals surface area contributed by atoms with E-state index in [4.69, 9.17) is 5.73 Å². The zero-order chi connectivity index (χ0) is 24.8. The monoisotopic (exact) mass is 475 g/mol. The molecule has 0 aliphatic carbocycles. The van der Waals surface area contributed by atoms with Crippen LogP contribution in [0.15, 0.2) is 67.0 Å². The lowest BCUT2D eigenvalue weighted by Crippen LogP contribution is -2.46. The van der Waals surface area contributed by atoms with E-state index in [0.717, 1.165) is 11.1 Å². The number of nitrogens with two attached hydrogens (primary N) is 1. The van der Waals surface area contributed by atoms with E-state index in [9.17, 15) is 19.7 Å². The molecule has 2 heterocycles. The zero-order valence-electron chi connectivity index (χ0n) is 18.8. The molecule has 1 unspecified atom stereocenters. The fourth-order valence-electron chi connectivity index (χ4n) is 4.23. The molecule has 0 spiro atoms. The summed E-state index contributed by atoms with van der Waals surface area (Å²) in [6, 6.07) is 18.0. The molecule has 35 heavy (non-hydrogen) atoms. The number of aromatic nitrogens is 2. The lowest BCUT2D eigenvalue weighted by molar-refractivity contribution is -0.383. The van der Waals surface area contributed by atoms with Crippen molar-refractivity contribution in [3.05, 3.63) is 88.2 Å². The Morgan fingerprint density at radius 1 is 1.09 bits per heavy atom. The number of primary amides is 1. The average molecular weight is 476 g/mol. The molecule has 1 fully saturated rings. The van der Waals surface area contributed by atoms with Gasteiger partial charge in [-0.1, -0.05) is 60.7 Å². The number of benzene rings is 2. The SMILES string of the molecule is NC(=O)CNC(=O)C1CCCN1c1ncnc(NC(c2ccccc2)c2ccccc2)c1[N+](=O)[O-]. The number of nitrogens with one attached hydrogen (secondary N) is 2. The second-order valence-electron chi connectivity index (χ2n) is 8.09. The Morgan fingerprint density at radius 3 is 2.29 bits per heavy atom. The molecule has 1 aliphatic rings. The number of rotatable bonds is 9. The van der Waals surface area contributed by atoms with Crippen molar-refractivity contribution < 1.29 is 14.5 Å². The molecular formula is C24H25N7O4. The van der Waals surface area contributed by atoms with Crippen LogP contribution in [0.25, 0.3) is 0 Å². The van der Waals surface area contributed by atoms with Crippen molar-refractivity contribution in [2.45, 2.75) is 24.9 Å². The van der Waals surface area contributed by atoms with Crippen LogP contribution in [0, 0.1) is 10.1 Å². The third-order valence-corrected chi connectivity index (χ3v) is 5.80. The molecule has 0 radical (unpaired) electrons. The number of carbonyl (C=O) groups is 2.